The van der Waals surface area contributed by atoms with Gasteiger partial charge >= 0.3 is 0 Å². The minimum absolute atomic E-state index is 0.0584. The van der Waals surface area contributed by atoms with Gasteiger partial charge in [-0.15, -0.1) is 0 Å². The Hall–Kier alpha value is -4.04. The van der Waals surface area contributed by atoms with E-state index in [1.54, 1.807) is 48.5 Å². The summed E-state index contributed by atoms with van der Waals surface area (Å²) in [6.45, 7) is 0.177. The number of carbonyl (C=O) groups excluding carboxylic acids is 1. The van der Waals surface area contributed by atoms with Crippen LogP contribution in [0.4, 0.5) is 11.4 Å². The van der Waals surface area contributed by atoms with Crippen LogP contribution in [-0.2, 0) is 16.6 Å². The molecule has 0 atom stereocenters. The minimum atomic E-state index is -3.80. The van der Waals surface area contributed by atoms with E-state index in [2.05, 4.69) is 5.32 Å². The summed E-state index contributed by atoms with van der Waals surface area (Å²) in [5.41, 5.74) is 0.869. The third kappa shape index (κ3) is 5.24. The molecule has 33 heavy (non-hydrogen) atoms. The van der Waals surface area contributed by atoms with Gasteiger partial charge in [0.2, 0.25) is 0 Å². The van der Waals surface area contributed by atoms with Gasteiger partial charge in [0.25, 0.3) is 15.9 Å². The Kier molecular flexibility index (Phi) is 6.46. The van der Waals surface area contributed by atoms with Crippen LogP contribution in [0.2, 0.25) is 0 Å². The number of nitrogens with zero attached hydrogens (tertiary/aromatic N) is 1. The first-order valence-corrected chi connectivity index (χ1v) is 11.6. The smallest absolute Gasteiger partial charge is 0.291 e. The third-order valence-corrected chi connectivity index (χ3v) is 6.66. The number of anilines is 2. The van der Waals surface area contributed by atoms with Gasteiger partial charge in [-0.3, -0.25) is 9.10 Å². The zero-order valence-electron chi connectivity index (χ0n) is 17.8. The van der Waals surface area contributed by atoms with Crippen molar-refractivity contribution in [3.8, 4) is 5.75 Å². The van der Waals surface area contributed by atoms with E-state index in [4.69, 9.17) is 9.15 Å². The SMILES string of the molecule is CN(c1ccccc1)S(=O)(=O)c1cccc(NC(=O)c2ccc(COc3ccccc3)o2)c1. The molecule has 0 unspecified atom stereocenters. The fraction of sp³-hybridized carbons (Fsp3) is 0.0800. The molecule has 0 fully saturated rings. The number of nitrogens with one attached hydrogen (secondary N) is 1. The Bertz CT molecular complexity index is 1340. The van der Waals surface area contributed by atoms with Crippen molar-refractivity contribution in [1.29, 1.82) is 0 Å². The number of para-hydroxylation sites is 2. The lowest BCUT2D eigenvalue weighted by molar-refractivity contribution is 0.0992. The molecular weight excluding hydrogens is 440 g/mol. The van der Waals surface area contributed by atoms with E-state index in [0.717, 1.165) is 0 Å². The first-order valence-electron chi connectivity index (χ1n) is 10.2. The summed E-state index contributed by atoms with van der Waals surface area (Å²) in [5.74, 6) is 0.784. The first-order chi connectivity index (χ1) is 15.9. The van der Waals surface area contributed by atoms with E-state index in [0.29, 0.717) is 22.9 Å². The summed E-state index contributed by atoms with van der Waals surface area (Å²) in [4.78, 5) is 12.7. The number of furan rings is 1. The van der Waals surface area contributed by atoms with Crippen molar-refractivity contribution in [3.05, 3.63) is 109 Å². The molecule has 0 aliphatic rings. The first kappa shape index (κ1) is 22.2. The lowest BCUT2D eigenvalue weighted by Crippen LogP contribution is -2.26. The predicted molar refractivity (Wildman–Crippen MR) is 126 cm³/mol. The highest BCUT2D eigenvalue weighted by molar-refractivity contribution is 7.92. The van der Waals surface area contributed by atoms with Crippen LogP contribution in [-0.4, -0.2) is 21.4 Å². The monoisotopic (exact) mass is 462 g/mol. The highest BCUT2D eigenvalue weighted by Crippen LogP contribution is 2.24. The summed E-state index contributed by atoms with van der Waals surface area (Å²) < 4.78 is 38.4. The maximum atomic E-state index is 13.0. The van der Waals surface area contributed by atoms with Gasteiger partial charge in [0, 0.05) is 12.7 Å². The Labute approximate surface area is 192 Å². The van der Waals surface area contributed by atoms with E-state index >= 15 is 0 Å². The Morgan fingerprint density at radius 1 is 0.909 bits per heavy atom. The van der Waals surface area contributed by atoms with E-state index in [1.807, 2.05) is 36.4 Å². The molecule has 0 radical (unpaired) electrons. The minimum Gasteiger partial charge on any atom is -0.486 e. The van der Waals surface area contributed by atoms with Crippen LogP contribution >= 0.6 is 0 Å². The number of benzene rings is 3. The zero-order valence-corrected chi connectivity index (χ0v) is 18.7. The molecule has 1 amide bonds. The van der Waals surface area contributed by atoms with Crippen LogP contribution in [0.15, 0.2) is 106 Å². The van der Waals surface area contributed by atoms with Crippen LogP contribution < -0.4 is 14.4 Å². The summed E-state index contributed by atoms with van der Waals surface area (Å²) in [6.07, 6.45) is 0. The molecule has 1 heterocycles. The van der Waals surface area contributed by atoms with Crippen molar-refractivity contribution >= 4 is 27.3 Å². The van der Waals surface area contributed by atoms with Crippen molar-refractivity contribution in [2.45, 2.75) is 11.5 Å². The Morgan fingerprint density at radius 3 is 2.33 bits per heavy atom. The molecule has 0 aliphatic heterocycles. The number of carbonyl (C=O) groups is 1. The van der Waals surface area contributed by atoms with Crippen LogP contribution in [0.25, 0.3) is 0 Å². The van der Waals surface area contributed by atoms with Crippen LogP contribution in [0.1, 0.15) is 16.3 Å². The van der Waals surface area contributed by atoms with Crippen molar-refractivity contribution < 1.29 is 22.4 Å². The number of ether oxygens (including phenoxy) is 1. The summed E-state index contributed by atoms with van der Waals surface area (Å²) in [7, 11) is -2.32. The molecule has 1 aromatic heterocycles. The standard InChI is InChI=1S/C25H22N2O5S/c1-27(20-10-4-2-5-11-20)33(29,30)23-14-8-9-19(17-23)26-25(28)24-16-15-22(32-24)18-31-21-12-6-3-7-13-21/h2-17H,18H2,1H3,(H,26,28). The van der Waals surface area contributed by atoms with E-state index in [-0.39, 0.29) is 17.3 Å². The van der Waals surface area contributed by atoms with E-state index < -0.39 is 15.9 Å². The van der Waals surface area contributed by atoms with Gasteiger partial charge < -0.3 is 14.5 Å². The van der Waals surface area contributed by atoms with E-state index in [1.165, 1.54) is 23.5 Å². The van der Waals surface area contributed by atoms with Gasteiger partial charge in [0.1, 0.15) is 18.1 Å². The quantitative estimate of drug-likeness (QED) is 0.401. The predicted octanol–water partition coefficient (Wildman–Crippen LogP) is 4.94. The zero-order chi connectivity index (χ0) is 23.3. The molecule has 168 valence electrons. The van der Waals surface area contributed by atoms with Crippen LogP contribution in [0, 0.1) is 0 Å². The average molecular weight is 463 g/mol. The number of hydrogen-bond donors (Lipinski definition) is 1. The summed E-state index contributed by atoms with van der Waals surface area (Å²) >= 11 is 0. The molecule has 0 bridgehead atoms. The number of amides is 1. The maximum absolute atomic E-state index is 13.0. The summed E-state index contributed by atoms with van der Waals surface area (Å²) in [5, 5.41) is 2.68. The largest absolute Gasteiger partial charge is 0.486 e. The third-order valence-electron chi connectivity index (χ3n) is 4.88. The molecule has 0 aliphatic carbocycles. The van der Waals surface area contributed by atoms with Crippen LogP contribution in [0.3, 0.4) is 0 Å². The van der Waals surface area contributed by atoms with Crippen LogP contribution in [0.5, 0.6) is 5.75 Å². The molecule has 0 spiro atoms. The van der Waals surface area contributed by atoms with Gasteiger partial charge in [-0.25, -0.2) is 8.42 Å². The van der Waals surface area contributed by atoms with Gasteiger partial charge in [-0.1, -0.05) is 42.5 Å². The Morgan fingerprint density at radius 2 is 1.61 bits per heavy atom. The summed E-state index contributed by atoms with van der Waals surface area (Å²) in [6, 6.07) is 27.3. The van der Waals surface area contributed by atoms with Gasteiger partial charge in [-0.05, 0) is 54.6 Å². The topological polar surface area (TPSA) is 88.9 Å². The van der Waals surface area contributed by atoms with Crippen molar-refractivity contribution in [1.82, 2.24) is 0 Å². The molecule has 4 rings (SSSR count). The molecule has 7 nitrogen and oxygen atoms in total. The average Bonchev–Trinajstić information content (AvgIpc) is 3.33. The fourth-order valence-corrected chi connectivity index (χ4v) is 4.35. The second kappa shape index (κ2) is 9.62. The molecular formula is C25H22N2O5S. The number of hydrogen-bond acceptors (Lipinski definition) is 5. The van der Waals surface area contributed by atoms with Gasteiger partial charge in [-0.2, -0.15) is 0 Å². The lowest BCUT2D eigenvalue weighted by Gasteiger charge is -2.19. The Balaban J connectivity index is 1.44. The highest BCUT2D eigenvalue weighted by atomic mass is 32.2. The van der Waals surface area contributed by atoms with Crippen molar-refractivity contribution in [2.24, 2.45) is 0 Å². The molecule has 0 saturated carbocycles. The second-order valence-electron chi connectivity index (χ2n) is 7.16. The lowest BCUT2D eigenvalue weighted by atomic mass is 10.3. The second-order valence-corrected chi connectivity index (χ2v) is 9.13. The van der Waals surface area contributed by atoms with Crippen molar-refractivity contribution in [3.63, 3.8) is 0 Å². The molecule has 1 N–H and O–H groups in total. The number of sulfonamides is 1. The van der Waals surface area contributed by atoms with Crippen molar-refractivity contribution in [2.75, 3.05) is 16.7 Å². The van der Waals surface area contributed by atoms with Gasteiger partial charge in [0.05, 0.1) is 10.6 Å². The fourth-order valence-electron chi connectivity index (χ4n) is 3.11. The normalized spacial score (nSPS) is 11.1. The molecule has 3 aromatic carbocycles. The molecule has 0 saturated heterocycles. The number of rotatable bonds is 8. The molecule has 4 aromatic rings. The maximum Gasteiger partial charge on any atom is 0.291 e. The highest BCUT2D eigenvalue weighted by Gasteiger charge is 2.22. The van der Waals surface area contributed by atoms with E-state index in [9.17, 15) is 13.2 Å². The molecule has 8 heteroatoms. The van der Waals surface area contributed by atoms with Gasteiger partial charge in [0.15, 0.2) is 5.76 Å².